The van der Waals surface area contributed by atoms with Crippen LogP contribution in [-0.4, -0.2) is 21.3 Å². The minimum atomic E-state index is 0.269. The van der Waals surface area contributed by atoms with Crippen molar-refractivity contribution in [2.24, 2.45) is 0 Å². The van der Waals surface area contributed by atoms with Crippen molar-refractivity contribution in [2.75, 3.05) is 6.54 Å². The van der Waals surface area contributed by atoms with E-state index in [0.29, 0.717) is 0 Å². The van der Waals surface area contributed by atoms with Gasteiger partial charge in [0.1, 0.15) is 5.82 Å². The maximum absolute atomic E-state index is 5.94. The largest absolute Gasteiger partial charge is 0.308 e. The Kier molecular flexibility index (Phi) is 2.46. The minimum absolute atomic E-state index is 0.269. The summed E-state index contributed by atoms with van der Waals surface area (Å²) in [4.78, 5) is 1.08. The summed E-state index contributed by atoms with van der Waals surface area (Å²) in [6.07, 6.45) is 0. The van der Waals surface area contributed by atoms with Crippen LogP contribution in [0.5, 0.6) is 0 Å². The molecule has 1 N–H and O–H groups in total. The van der Waals surface area contributed by atoms with Gasteiger partial charge in [-0.15, -0.1) is 21.5 Å². The van der Waals surface area contributed by atoms with Crippen LogP contribution in [0.25, 0.3) is 10.7 Å². The number of fused-ring (bicyclic) bond motifs is 1. The quantitative estimate of drug-likeness (QED) is 0.849. The zero-order chi connectivity index (χ0) is 11.1. The van der Waals surface area contributed by atoms with Crippen LogP contribution in [0.15, 0.2) is 12.1 Å². The third kappa shape index (κ3) is 1.55. The molecule has 1 aliphatic heterocycles. The Hall–Kier alpha value is -0.910. The number of aromatic nitrogens is 3. The first kappa shape index (κ1) is 10.3. The van der Waals surface area contributed by atoms with Crippen molar-refractivity contribution in [3.8, 4) is 10.7 Å². The Bertz CT molecular complexity index is 519. The van der Waals surface area contributed by atoms with Crippen LogP contribution in [0.1, 0.15) is 18.8 Å². The third-order valence-electron chi connectivity index (χ3n) is 2.75. The number of nitrogens with one attached hydrogen (secondary N) is 1. The van der Waals surface area contributed by atoms with Gasteiger partial charge in [0.15, 0.2) is 5.82 Å². The minimum Gasteiger partial charge on any atom is -0.308 e. The normalized spacial score (nSPS) is 19.8. The lowest BCUT2D eigenvalue weighted by molar-refractivity contribution is 0.439. The topological polar surface area (TPSA) is 42.7 Å². The number of thiophene rings is 1. The van der Waals surface area contributed by atoms with E-state index in [1.165, 1.54) is 0 Å². The predicted molar refractivity (Wildman–Crippen MR) is 64.8 cm³/mol. The van der Waals surface area contributed by atoms with Gasteiger partial charge in [-0.05, 0) is 19.1 Å². The Balaban J connectivity index is 2.09. The summed E-state index contributed by atoms with van der Waals surface area (Å²) in [6, 6.07) is 4.16. The number of hydrogen-bond acceptors (Lipinski definition) is 4. The molecule has 0 bridgehead atoms. The molecule has 84 valence electrons. The molecule has 0 saturated carbocycles. The van der Waals surface area contributed by atoms with Gasteiger partial charge < -0.3 is 9.88 Å². The lowest BCUT2D eigenvalue weighted by Crippen LogP contribution is -2.32. The van der Waals surface area contributed by atoms with E-state index in [9.17, 15) is 0 Å². The number of hydrogen-bond donors (Lipinski definition) is 1. The molecule has 0 amide bonds. The van der Waals surface area contributed by atoms with Gasteiger partial charge in [0, 0.05) is 13.1 Å². The maximum atomic E-state index is 5.94. The van der Waals surface area contributed by atoms with E-state index in [0.717, 1.165) is 34.0 Å². The number of rotatable bonds is 1. The number of halogens is 1. The van der Waals surface area contributed by atoms with E-state index in [-0.39, 0.29) is 6.04 Å². The van der Waals surface area contributed by atoms with Gasteiger partial charge in [0.05, 0.1) is 15.3 Å². The Morgan fingerprint density at radius 2 is 2.38 bits per heavy atom. The first-order valence-electron chi connectivity index (χ1n) is 5.18. The number of nitrogens with zero attached hydrogens (tertiary/aromatic N) is 3. The Labute approximate surface area is 102 Å². The molecule has 0 radical (unpaired) electrons. The molecule has 3 rings (SSSR count). The molecule has 0 fully saturated rings. The van der Waals surface area contributed by atoms with Gasteiger partial charge in [-0.25, -0.2) is 0 Å². The van der Waals surface area contributed by atoms with Crippen molar-refractivity contribution >= 4 is 22.9 Å². The third-order valence-corrected chi connectivity index (χ3v) is 3.97. The summed E-state index contributed by atoms with van der Waals surface area (Å²) in [5.41, 5.74) is 0. The Morgan fingerprint density at radius 3 is 3.12 bits per heavy atom. The molecule has 1 atom stereocenters. The van der Waals surface area contributed by atoms with Crippen molar-refractivity contribution in [3.63, 3.8) is 0 Å². The fourth-order valence-electron chi connectivity index (χ4n) is 1.96. The van der Waals surface area contributed by atoms with Crippen LogP contribution in [0.2, 0.25) is 4.34 Å². The standard InChI is InChI=1S/C10H11ClN4S/c1-6-9-13-14-10(15(9)5-4-12-6)7-2-3-8(11)16-7/h2-3,6,12H,4-5H2,1H3. The van der Waals surface area contributed by atoms with E-state index < -0.39 is 0 Å². The SMILES string of the molecule is CC1NCCn2c(-c3ccc(Cl)s3)nnc21. The highest BCUT2D eigenvalue weighted by atomic mass is 35.5. The summed E-state index contributed by atoms with van der Waals surface area (Å²) >= 11 is 7.48. The summed E-state index contributed by atoms with van der Waals surface area (Å²) < 4.78 is 2.96. The predicted octanol–water partition coefficient (Wildman–Crippen LogP) is 2.32. The highest BCUT2D eigenvalue weighted by Gasteiger charge is 2.22. The van der Waals surface area contributed by atoms with Crippen LogP contribution in [0.3, 0.4) is 0 Å². The molecule has 6 heteroatoms. The first-order valence-corrected chi connectivity index (χ1v) is 6.37. The molecule has 1 aliphatic rings. The summed E-state index contributed by atoms with van der Waals surface area (Å²) in [6.45, 7) is 3.97. The average molecular weight is 255 g/mol. The fraction of sp³-hybridized carbons (Fsp3) is 0.400. The maximum Gasteiger partial charge on any atom is 0.174 e. The molecule has 3 heterocycles. The van der Waals surface area contributed by atoms with Crippen LogP contribution in [0, 0.1) is 0 Å². The van der Waals surface area contributed by atoms with E-state index in [2.05, 4.69) is 27.0 Å². The van der Waals surface area contributed by atoms with Gasteiger partial charge in [0.25, 0.3) is 0 Å². The van der Waals surface area contributed by atoms with Gasteiger partial charge in [-0.2, -0.15) is 0 Å². The van der Waals surface area contributed by atoms with Crippen LogP contribution in [0.4, 0.5) is 0 Å². The molecule has 0 spiro atoms. The molecule has 1 unspecified atom stereocenters. The monoisotopic (exact) mass is 254 g/mol. The first-order chi connectivity index (χ1) is 7.75. The van der Waals surface area contributed by atoms with Crippen LogP contribution in [-0.2, 0) is 6.54 Å². The van der Waals surface area contributed by atoms with Gasteiger partial charge in [0.2, 0.25) is 0 Å². The second-order valence-corrected chi connectivity index (χ2v) is 5.53. The van der Waals surface area contributed by atoms with Gasteiger partial charge in [-0.3, -0.25) is 0 Å². The zero-order valence-electron chi connectivity index (χ0n) is 8.77. The van der Waals surface area contributed by atoms with E-state index >= 15 is 0 Å². The molecule has 0 saturated heterocycles. The highest BCUT2D eigenvalue weighted by molar-refractivity contribution is 7.19. The molecule has 0 aromatic carbocycles. The second-order valence-electron chi connectivity index (χ2n) is 3.81. The summed E-state index contributed by atoms with van der Waals surface area (Å²) in [7, 11) is 0. The van der Waals surface area contributed by atoms with Gasteiger partial charge >= 0.3 is 0 Å². The smallest absolute Gasteiger partial charge is 0.174 e. The molecule has 4 nitrogen and oxygen atoms in total. The molecule has 2 aromatic rings. The van der Waals surface area contributed by atoms with Crippen molar-refractivity contribution in [1.82, 2.24) is 20.1 Å². The Morgan fingerprint density at radius 1 is 1.50 bits per heavy atom. The molecule has 0 aliphatic carbocycles. The van der Waals surface area contributed by atoms with Crippen LogP contribution >= 0.6 is 22.9 Å². The van der Waals surface area contributed by atoms with Crippen molar-refractivity contribution in [3.05, 3.63) is 22.3 Å². The summed E-state index contributed by atoms with van der Waals surface area (Å²) in [5.74, 6) is 1.94. The molecule has 16 heavy (non-hydrogen) atoms. The highest BCUT2D eigenvalue weighted by Crippen LogP contribution is 2.31. The summed E-state index contributed by atoms with van der Waals surface area (Å²) in [5, 5.41) is 11.9. The molecular formula is C10H11ClN4S. The van der Waals surface area contributed by atoms with E-state index in [1.807, 2.05) is 12.1 Å². The van der Waals surface area contributed by atoms with E-state index in [1.54, 1.807) is 11.3 Å². The van der Waals surface area contributed by atoms with Gasteiger partial charge in [-0.1, -0.05) is 11.6 Å². The lowest BCUT2D eigenvalue weighted by atomic mass is 10.2. The zero-order valence-corrected chi connectivity index (χ0v) is 10.3. The second kappa shape index (κ2) is 3.84. The van der Waals surface area contributed by atoms with Crippen molar-refractivity contribution in [2.45, 2.75) is 19.5 Å². The lowest BCUT2D eigenvalue weighted by Gasteiger charge is -2.21. The fourth-order valence-corrected chi connectivity index (χ4v) is 2.99. The van der Waals surface area contributed by atoms with Crippen LogP contribution < -0.4 is 5.32 Å². The van der Waals surface area contributed by atoms with Crippen molar-refractivity contribution in [1.29, 1.82) is 0 Å². The molecule has 2 aromatic heterocycles. The average Bonchev–Trinajstić information content (AvgIpc) is 2.84. The molecular weight excluding hydrogens is 244 g/mol. The van der Waals surface area contributed by atoms with E-state index in [4.69, 9.17) is 11.6 Å². The van der Waals surface area contributed by atoms with Crippen molar-refractivity contribution < 1.29 is 0 Å².